The van der Waals surface area contributed by atoms with E-state index in [2.05, 4.69) is 25.8 Å². The zero-order valence-electron chi connectivity index (χ0n) is 24.5. The summed E-state index contributed by atoms with van der Waals surface area (Å²) in [4.78, 5) is 24.6. The molecule has 2 atom stereocenters. The molecule has 0 aromatic heterocycles. The smallest absolute Gasteiger partial charge is 0.266 e. The molecular formula is C32H37N7O5. The number of aliphatic imine (C=N–C) groups is 1. The number of hydrogen-bond acceptors (Lipinski definition) is 9. The topological polar surface area (TPSA) is 153 Å². The van der Waals surface area contributed by atoms with Gasteiger partial charge < -0.3 is 19.3 Å². The molecule has 0 unspecified atom stereocenters. The second kappa shape index (κ2) is 15.3. The lowest BCUT2D eigenvalue weighted by Crippen LogP contribution is -2.55. The highest BCUT2D eigenvalue weighted by atomic mass is 16.5. The highest BCUT2D eigenvalue weighted by Gasteiger charge is 2.53. The summed E-state index contributed by atoms with van der Waals surface area (Å²) in [5.41, 5.74) is 16.3. The standard InChI is InChI=1S/C32H37N7O5/c33-38-36-28-10-5-4-9-26(28)23-32(31(41)37-34-15-16-39-17-21-42-22-18-39)29(24-7-2-1-3-8-24)44-30(35-32)25-11-13-27(14-12-25)43-20-6-19-40/h1-5,7-14,29,34,40H,6,15-23H2,(H,37,41)/t29-,32-/m0/s1. The number of nitrogens with one attached hydrogen (secondary N) is 2. The lowest BCUT2D eigenvalue weighted by Gasteiger charge is -2.31. The van der Waals surface area contributed by atoms with Crippen molar-refractivity contribution in [3.8, 4) is 5.75 Å². The van der Waals surface area contributed by atoms with Gasteiger partial charge in [0.1, 0.15) is 5.75 Å². The number of ether oxygens (including phenoxy) is 3. The van der Waals surface area contributed by atoms with E-state index in [1.54, 1.807) is 24.3 Å². The molecule has 0 bridgehead atoms. The summed E-state index contributed by atoms with van der Waals surface area (Å²) in [6, 6.07) is 24.0. The van der Waals surface area contributed by atoms with Crippen molar-refractivity contribution in [2.75, 3.05) is 52.6 Å². The van der Waals surface area contributed by atoms with Gasteiger partial charge in [-0.15, -0.1) is 0 Å². The van der Waals surface area contributed by atoms with Gasteiger partial charge in [0.2, 0.25) is 5.90 Å². The van der Waals surface area contributed by atoms with Crippen molar-refractivity contribution in [3.63, 3.8) is 0 Å². The molecule has 1 saturated heterocycles. The van der Waals surface area contributed by atoms with Crippen molar-refractivity contribution >= 4 is 17.5 Å². The van der Waals surface area contributed by atoms with E-state index in [-0.39, 0.29) is 18.9 Å². The second-order valence-corrected chi connectivity index (χ2v) is 10.5. The van der Waals surface area contributed by atoms with Crippen LogP contribution in [0.25, 0.3) is 10.4 Å². The molecule has 0 saturated carbocycles. The van der Waals surface area contributed by atoms with E-state index in [1.165, 1.54) is 0 Å². The molecule has 230 valence electrons. The van der Waals surface area contributed by atoms with E-state index in [0.717, 1.165) is 25.2 Å². The molecule has 0 spiro atoms. The number of amides is 1. The molecule has 44 heavy (non-hydrogen) atoms. The number of azide groups is 1. The van der Waals surface area contributed by atoms with Crippen LogP contribution in [0.15, 0.2) is 89.0 Å². The molecular weight excluding hydrogens is 562 g/mol. The molecule has 12 heteroatoms. The van der Waals surface area contributed by atoms with Crippen molar-refractivity contribution < 1.29 is 24.1 Å². The van der Waals surface area contributed by atoms with E-state index in [9.17, 15) is 10.3 Å². The van der Waals surface area contributed by atoms with E-state index >= 15 is 0 Å². The number of aliphatic hydroxyl groups is 1. The van der Waals surface area contributed by atoms with Crippen LogP contribution in [0.5, 0.6) is 5.75 Å². The Balaban J connectivity index is 1.48. The first-order chi connectivity index (χ1) is 21.6. The molecule has 5 rings (SSSR count). The normalized spacial score (nSPS) is 19.8. The molecule has 3 aromatic rings. The SMILES string of the molecule is [N-]=[N+]=Nc1ccccc1C[C@]1(C(=O)NNCCN2CCOCC2)N=C(c2ccc(OCCCO)cc2)O[C@H]1c1ccccc1. The Kier molecular flexibility index (Phi) is 10.8. The number of rotatable bonds is 14. The molecule has 3 N–H and O–H groups in total. The zero-order chi connectivity index (χ0) is 30.6. The second-order valence-electron chi connectivity index (χ2n) is 10.5. The summed E-state index contributed by atoms with van der Waals surface area (Å²) in [7, 11) is 0. The van der Waals surface area contributed by atoms with Gasteiger partial charge in [-0.2, -0.15) is 0 Å². The monoisotopic (exact) mass is 599 g/mol. The van der Waals surface area contributed by atoms with Crippen LogP contribution in [-0.4, -0.2) is 80.0 Å². The number of hydrogen-bond donors (Lipinski definition) is 3. The Morgan fingerprint density at radius 2 is 1.84 bits per heavy atom. The van der Waals surface area contributed by atoms with Crippen LogP contribution in [0.1, 0.15) is 29.2 Å². The minimum absolute atomic E-state index is 0.0542. The van der Waals surface area contributed by atoms with Gasteiger partial charge in [-0.25, -0.2) is 10.4 Å². The van der Waals surface area contributed by atoms with Crippen molar-refractivity contribution in [2.24, 2.45) is 10.1 Å². The summed E-state index contributed by atoms with van der Waals surface area (Å²) in [6.07, 6.45) is -0.129. The van der Waals surface area contributed by atoms with E-state index in [1.807, 2.05) is 54.6 Å². The summed E-state index contributed by atoms with van der Waals surface area (Å²) in [5.74, 6) is 0.589. The van der Waals surface area contributed by atoms with Gasteiger partial charge in [0.05, 0.1) is 19.8 Å². The van der Waals surface area contributed by atoms with E-state index < -0.39 is 11.6 Å². The van der Waals surface area contributed by atoms with Gasteiger partial charge in [-0.3, -0.25) is 15.1 Å². The first kappa shape index (κ1) is 31.0. The van der Waals surface area contributed by atoms with Gasteiger partial charge in [0.25, 0.3) is 5.91 Å². The molecule has 1 fully saturated rings. The molecule has 12 nitrogen and oxygen atoms in total. The minimum atomic E-state index is -1.44. The summed E-state index contributed by atoms with van der Waals surface area (Å²) in [5, 5.41) is 12.9. The molecule has 2 heterocycles. The third kappa shape index (κ3) is 7.54. The molecule has 0 radical (unpaired) electrons. The maximum absolute atomic E-state index is 14.3. The highest BCUT2D eigenvalue weighted by molar-refractivity contribution is 6.01. The summed E-state index contributed by atoms with van der Waals surface area (Å²) < 4.78 is 17.7. The molecule has 2 aliphatic heterocycles. The Hall–Kier alpha value is -4.45. The largest absolute Gasteiger partial charge is 0.494 e. The lowest BCUT2D eigenvalue weighted by molar-refractivity contribution is -0.130. The van der Waals surface area contributed by atoms with Gasteiger partial charge in [-0.1, -0.05) is 59.7 Å². The van der Waals surface area contributed by atoms with Crippen LogP contribution < -0.4 is 15.6 Å². The predicted octanol–water partition coefficient (Wildman–Crippen LogP) is 3.84. The number of hydrazine groups is 1. The quantitative estimate of drug-likeness (QED) is 0.0837. The highest BCUT2D eigenvalue weighted by Crippen LogP contribution is 2.43. The third-order valence-corrected chi connectivity index (χ3v) is 7.59. The maximum atomic E-state index is 14.3. The lowest BCUT2D eigenvalue weighted by atomic mass is 9.81. The minimum Gasteiger partial charge on any atom is -0.494 e. The average molecular weight is 600 g/mol. The fourth-order valence-corrected chi connectivity index (χ4v) is 5.30. The van der Waals surface area contributed by atoms with Gasteiger partial charge in [0, 0.05) is 61.8 Å². The number of nitrogens with zero attached hydrogens (tertiary/aromatic N) is 5. The Bertz CT molecular complexity index is 1460. The van der Waals surface area contributed by atoms with Crippen molar-refractivity contribution in [1.29, 1.82) is 0 Å². The summed E-state index contributed by atoms with van der Waals surface area (Å²) >= 11 is 0. The number of benzene rings is 3. The predicted molar refractivity (Wildman–Crippen MR) is 166 cm³/mol. The maximum Gasteiger partial charge on any atom is 0.266 e. The van der Waals surface area contributed by atoms with Gasteiger partial charge in [0.15, 0.2) is 11.6 Å². The van der Waals surface area contributed by atoms with E-state index in [4.69, 9.17) is 24.3 Å². The fraction of sp³-hybridized carbons (Fsp3) is 0.375. The Morgan fingerprint density at radius 1 is 1.09 bits per heavy atom. The first-order valence-electron chi connectivity index (χ1n) is 14.7. The average Bonchev–Trinajstić information content (AvgIpc) is 3.46. The van der Waals surface area contributed by atoms with Crippen LogP contribution in [-0.2, 0) is 20.7 Å². The van der Waals surface area contributed by atoms with Gasteiger partial charge in [-0.05, 0) is 40.9 Å². The zero-order valence-corrected chi connectivity index (χ0v) is 24.5. The number of carbonyl (C=O) groups is 1. The van der Waals surface area contributed by atoms with Gasteiger partial charge >= 0.3 is 0 Å². The molecule has 0 aliphatic carbocycles. The summed E-state index contributed by atoms with van der Waals surface area (Å²) in [6.45, 7) is 4.82. The molecule has 2 aliphatic rings. The fourth-order valence-electron chi connectivity index (χ4n) is 5.30. The Morgan fingerprint density at radius 3 is 2.59 bits per heavy atom. The first-order valence-corrected chi connectivity index (χ1v) is 14.7. The van der Waals surface area contributed by atoms with Crippen molar-refractivity contribution in [2.45, 2.75) is 24.5 Å². The Labute approximate surface area is 256 Å². The number of aliphatic hydroxyl groups excluding tert-OH is 1. The number of morpholine rings is 1. The van der Waals surface area contributed by atoms with Crippen LogP contribution in [0.2, 0.25) is 0 Å². The van der Waals surface area contributed by atoms with Crippen LogP contribution in [0.4, 0.5) is 5.69 Å². The van der Waals surface area contributed by atoms with Crippen molar-refractivity contribution in [1.82, 2.24) is 15.8 Å². The van der Waals surface area contributed by atoms with E-state index in [0.29, 0.717) is 61.2 Å². The molecule has 3 aromatic carbocycles. The van der Waals surface area contributed by atoms with Crippen LogP contribution in [0.3, 0.4) is 0 Å². The number of carbonyl (C=O) groups excluding carboxylic acids is 1. The van der Waals surface area contributed by atoms with Crippen molar-refractivity contribution in [3.05, 3.63) is 106 Å². The molecule has 1 amide bonds. The third-order valence-electron chi connectivity index (χ3n) is 7.59. The van der Waals surface area contributed by atoms with Crippen LogP contribution in [0, 0.1) is 0 Å². The van der Waals surface area contributed by atoms with Crippen LogP contribution >= 0.6 is 0 Å².